The third-order valence-electron chi connectivity index (χ3n) is 5.69. The maximum atomic E-state index is 13.2. The SMILES string of the molecule is Cn1c(=O)n(C)c2cc(S(=O)(=O)N3CCC[C@@]4(CCOC4)C3)ccc21. The highest BCUT2D eigenvalue weighted by molar-refractivity contribution is 7.89. The average Bonchev–Trinajstić information content (AvgIpc) is 3.14. The molecule has 7 nitrogen and oxygen atoms in total. The number of benzene rings is 1. The summed E-state index contributed by atoms with van der Waals surface area (Å²) in [6, 6.07) is 4.92. The quantitative estimate of drug-likeness (QED) is 0.798. The van der Waals surface area contributed by atoms with Gasteiger partial charge in [0.1, 0.15) is 0 Å². The number of rotatable bonds is 2. The third-order valence-corrected chi connectivity index (χ3v) is 7.53. The lowest BCUT2D eigenvalue weighted by Gasteiger charge is -2.38. The summed E-state index contributed by atoms with van der Waals surface area (Å²) in [5.41, 5.74) is 1.16. The van der Waals surface area contributed by atoms with E-state index < -0.39 is 10.0 Å². The summed E-state index contributed by atoms with van der Waals surface area (Å²) in [5, 5.41) is 0. The van der Waals surface area contributed by atoms with Crippen LogP contribution in [-0.4, -0.2) is 48.2 Å². The van der Waals surface area contributed by atoms with Crippen LogP contribution in [0.25, 0.3) is 11.0 Å². The first-order valence-electron chi connectivity index (χ1n) is 8.58. The van der Waals surface area contributed by atoms with Crippen LogP contribution in [0.15, 0.2) is 27.9 Å². The van der Waals surface area contributed by atoms with Gasteiger partial charge in [0.25, 0.3) is 0 Å². The van der Waals surface area contributed by atoms with Crippen molar-refractivity contribution in [3.8, 4) is 0 Å². The maximum absolute atomic E-state index is 13.2. The molecule has 3 heterocycles. The Morgan fingerprint density at radius 1 is 1.12 bits per heavy atom. The summed E-state index contributed by atoms with van der Waals surface area (Å²) in [6.45, 7) is 2.41. The highest BCUT2D eigenvalue weighted by Gasteiger charge is 2.42. The van der Waals surface area contributed by atoms with Gasteiger partial charge in [0, 0.05) is 39.2 Å². The minimum Gasteiger partial charge on any atom is -0.381 e. The monoisotopic (exact) mass is 365 g/mol. The number of hydrogen-bond acceptors (Lipinski definition) is 4. The second kappa shape index (κ2) is 5.69. The molecular formula is C17H23N3O4S. The number of aryl methyl sites for hydroxylation is 2. The molecule has 2 aliphatic rings. The maximum Gasteiger partial charge on any atom is 0.328 e. The Morgan fingerprint density at radius 3 is 2.60 bits per heavy atom. The Balaban J connectivity index is 1.74. The molecule has 0 N–H and O–H groups in total. The van der Waals surface area contributed by atoms with Gasteiger partial charge >= 0.3 is 5.69 Å². The lowest BCUT2D eigenvalue weighted by Crippen LogP contribution is -2.46. The zero-order chi connectivity index (χ0) is 17.8. The average molecular weight is 365 g/mol. The zero-order valence-corrected chi connectivity index (χ0v) is 15.4. The molecule has 1 atom stereocenters. The molecule has 2 fully saturated rings. The molecule has 4 rings (SSSR count). The van der Waals surface area contributed by atoms with Gasteiger partial charge < -0.3 is 4.74 Å². The number of sulfonamides is 1. The van der Waals surface area contributed by atoms with Crippen LogP contribution in [0.2, 0.25) is 0 Å². The Kier molecular flexibility index (Phi) is 3.82. The van der Waals surface area contributed by atoms with Crippen molar-refractivity contribution in [2.75, 3.05) is 26.3 Å². The van der Waals surface area contributed by atoms with Crippen LogP contribution in [0, 0.1) is 5.41 Å². The predicted molar refractivity (Wildman–Crippen MR) is 94.0 cm³/mol. The second-order valence-electron chi connectivity index (χ2n) is 7.30. The van der Waals surface area contributed by atoms with Crippen LogP contribution in [0.1, 0.15) is 19.3 Å². The minimum absolute atomic E-state index is 0.0327. The van der Waals surface area contributed by atoms with Crippen LogP contribution in [0.5, 0.6) is 0 Å². The zero-order valence-electron chi connectivity index (χ0n) is 14.6. The van der Waals surface area contributed by atoms with E-state index in [1.54, 1.807) is 36.6 Å². The normalized spacial score (nSPS) is 25.2. The van der Waals surface area contributed by atoms with E-state index in [1.807, 2.05) is 0 Å². The molecule has 1 spiro atoms. The Morgan fingerprint density at radius 2 is 1.88 bits per heavy atom. The summed E-state index contributed by atoms with van der Waals surface area (Å²) in [6.07, 6.45) is 2.80. The van der Waals surface area contributed by atoms with Crippen LogP contribution < -0.4 is 5.69 Å². The molecule has 0 radical (unpaired) electrons. The number of aromatic nitrogens is 2. The summed E-state index contributed by atoms with van der Waals surface area (Å²) >= 11 is 0. The van der Waals surface area contributed by atoms with Gasteiger partial charge in [0.15, 0.2) is 0 Å². The minimum atomic E-state index is -3.58. The van der Waals surface area contributed by atoms with E-state index in [0.717, 1.165) is 24.8 Å². The number of piperidine rings is 1. The molecule has 0 unspecified atom stereocenters. The summed E-state index contributed by atoms with van der Waals surface area (Å²) in [7, 11) is -0.237. The molecule has 0 saturated carbocycles. The fraction of sp³-hybridized carbons (Fsp3) is 0.588. The van der Waals surface area contributed by atoms with Gasteiger partial charge in [-0.25, -0.2) is 13.2 Å². The smallest absolute Gasteiger partial charge is 0.328 e. The lowest BCUT2D eigenvalue weighted by atomic mass is 9.80. The van der Waals surface area contributed by atoms with Crippen LogP contribution >= 0.6 is 0 Å². The van der Waals surface area contributed by atoms with Crippen molar-refractivity contribution in [1.29, 1.82) is 0 Å². The van der Waals surface area contributed by atoms with Gasteiger partial charge in [0.05, 0.1) is 22.5 Å². The highest BCUT2D eigenvalue weighted by atomic mass is 32.2. The second-order valence-corrected chi connectivity index (χ2v) is 9.23. The molecule has 8 heteroatoms. The summed E-state index contributed by atoms with van der Waals surface area (Å²) in [5.74, 6) is 0. The topological polar surface area (TPSA) is 73.5 Å². The first-order valence-corrected chi connectivity index (χ1v) is 10.0. The van der Waals surface area contributed by atoms with E-state index in [2.05, 4.69) is 0 Å². The van der Waals surface area contributed by atoms with Crippen molar-refractivity contribution < 1.29 is 13.2 Å². The van der Waals surface area contributed by atoms with Gasteiger partial charge in [-0.05, 0) is 37.5 Å². The standard InChI is InChI=1S/C17H23N3O4S/c1-18-14-5-4-13(10-15(14)19(2)16(18)21)25(22,23)20-8-3-6-17(11-20)7-9-24-12-17/h4-5,10H,3,6-9,11-12H2,1-2H3/t17-/m1/s1. The molecule has 2 saturated heterocycles. The van der Waals surface area contributed by atoms with Crippen molar-refractivity contribution >= 4 is 21.1 Å². The Labute approximate surface area is 146 Å². The van der Waals surface area contributed by atoms with Gasteiger partial charge in [0.2, 0.25) is 10.0 Å². The predicted octanol–water partition coefficient (Wildman–Crippen LogP) is 1.07. The molecule has 1 aromatic heterocycles. The van der Waals surface area contributed by atoms with Crippen molar-refractivity contribution in [3.63, 3.8) is 0 Å². The molecule has 0 amide bonds. The summed E-state index contributed by atoms with van der Waals surface area (Å²) < 4.78 is 36.5. The van der Waals surface area contributed by atoms with Crippen molar-refractivity contribution in [2.45, 2.75) is 24.2 Å². The molecule has 2 aromatic rings. The molecule has 0 aliphatic carbocycles. The number of hydrogen-bond donors (Lipinski definition) is 0. The van der Waals surface area contributed by atoms with Gasteiger partial charge in [-0.15, -0.1) is 0 Å². The van der Waals surface area contributed by atoms with E-state index >= 15 is 0 Å². The number of nitrogens with zero attached hydrogens (tertiary/aromatic N) is 3. The van der Waals surface area contributed by atoms with E-state index in [9.17, 15) is 13.2 Å². The first kappa shape index (κ1) is 16.8. The third kappa shape index (κ3) is 2.54. The number of imidazole rings is 1. The molecule has 1 aromatic carbocycles. The van der Waals surface area contributed by atoms with Gasteiger partial charge in [-0.1, -0.05) is 0 Å². The fourth-order valence-electron chi connectivity index (χ4n) is 4.14. The van der Waals surface area contributed by atoms with Crippen LogP contribution in [0.4, 0.5) is 0 Å². The first-order chi connectivity index (χ1) is 11.8. The highest BCUT2D eigenvalue weighted by Crippen LogP contribution is 2.39. The van der Waals surface area contributed by atoms with Gasteiger partial charge in [-0.2, -0.15) is 4.31 Å². The molecular weight excluding hydrogens is 342 g/mol. The van der Waals surface area contributed by atoms with E-state index in [-0.39, 0.29) is 16.0 Å². The van der Waals surface area contributed by atoms with Crippen molar-refractivity contribution in [1.82, 2.24) is 13.4 Å². The van der Waals surface area contributed by atoms with Crippen molar-refractivity contribution in [2.24, 2.45) is 19.5 Å². The van der Waals surface area contributed by atoms with Crippen LogP contribution in [-0.2, 0) is 28.9 Å². The van der Waals surface area contributed by atoms with Crippen molar-refractivity contribution in [3.05, 3.63) is 28.7 Å². The molecule has 25 heavy (non-hydrogen) atoms. The Bertz CT molecular complexity index is 983. The van der Waals surface area contributed by atoms with Crippen LogP contribution in [0.3, 0.4) is 0 Å². The van der Waals surface area contributed by atoms with Gasteiger partial charge in [-0.3, -0.25) is 9.13 Å². The number of ether oxygens (including phenoxy) is 1. The fourth-order valence-corrected chi connectivity index (χ4v) is 5.75. The summed E-state index contributed by atoms with van der Waals surface area (Å²) in [4.78, 5) is 12.3. The lowest BCUT2D eigenvalue weighted by molar-refractivity contribution is 0.105. The molecule has 2 aliphatic heterocycles. The van der Waals surface area contributed by atoms with E-state index in [4.69, 9.17) is 4.74 Å². The van der Waals surface area contributed by atoms with E-state index in [0.29, 0.717) is 31.8 Å². The largest absolute Gasteiger partial charge is 0.381 e. The number of fused-ring (bicyclic) bond motifs is 1. The Hall–Kier alpha value is -1.64. The van der Waals surface area contributed by atoms with E-state index in [1.165, 1.54) is 9.13 Å². The molecule has 0 bridgehead atoms. The molecule has 136 valence electrons.